The Morgan fingerprint density at radius 3 is 2.63 bits per heavy atom. The summed E-state index contributed by atoms with van der Waals surface area (Å²) in [5.41, 5.74) is 0.974. The first-order chi connectivity index (χ1) is 14.6. The highest BCUT2D eigenvalue weighted by Crippen LogP contribution is 2.24. The second-order valence-electron chi connectivity index (χ2n) is 7.81. The van der Waals surface area contributed by atoms with E-state index in [9.17, 15) is 9.59 Å². The number of amides is 2. The van der Waals surface area contributed by atoms with Gasteiger partial charge in [0.25, 0.3) is 0 Å². The zero-order valence-corrected chi connectivity index (χ0v) is 18.6. The van der Waals surface area contributed by atoms with Crippen molar-refractivity contribution in [3.63, 3.8) is 0 Å². The lowest BCUT2D eigenvalue weighted by Gasteiger charge is -2.29. The van der Waals surface area contributed by atoms with Gasteiger partial charge in [0.1, 0.15) is 0 Å². The quantitative estimate of drug-likeness (QED) is 0.598. The molecule has 0 unspecified atom stereocenters. The Morgan fingerprint density at radius 1 is 1.13 bits per heavy atom. The molecule has 1 aliphatic carbocycles. The van der Waals surface area contributed by atoms with Crippen LogP contribution in [0.1, 0.15) is 50.9 Å². The molecule has 2 aromatic rings. The molecule has 0 spiro atoms. The van der Waals surface area contributed by atoms with Crippen molar-refractivity contribution in [2.45, 2.75) is 70.2 Å². The van der Waals surface area contributed by atoms with Crippen LogP contribution in [0.3, 0.4) is 0 Å². The molecule has 7 nitrogen and oxygen atoms in total. The van der Waals surface area contributed by atoms with Crippen LogP contribution in [0.5, 0.6) is 0 Å². The van der Waals surface area contributed by atoms with E-state index in [4.69, 9.17) is 0 Å². The molecule has 1 aromatic heterocycles. The predicted octanol–water partition coefficient (Wildman–Crippen LogP) is 2.94. The molecule has 8 heteroatoms. The number of nitrogens with one attached hydrogen (secondary N) is 2. The van der Waals surface area contributed by atoms with E-state index in [0.29, 0.717) is 42.2 Å². The van der Waals surface area contributed by atoms with E-state index < -0.39 is 0 Å². The zero-order valence-electron chi connectivity index (χ0n) is 17.8. The van der Waals surface area contributed by atoms with Crippen molar-refractivity contribution in [2.24, 2.45) is 5.92 Å². The standard InChI is InChI=1S/C22H31N5O2S/c1-3-27-19(14-23-20(28)13-17-10-5-4-6-11-17)25-26-22(27)30-15-21(29)24-18-12-8-7-9-16(18)2/h4-6,10-11,16,18H,3,7-9,12-15H2,1-2H3,(H,23,28)(H,24,29)/t16-,18-/m1/s1. The van der Waals surface area contributed by atoms with Crippen molar-refractivity contribution in [1.29, 1.82) is 0 Å². The maximum atomic E-state index is 12.4. The van der Waals surface area contributed by atoms with E-state index in [2.05, 4.69) is 27.8 Å². The summed E-state index contributed by atoms with van der Waals surface area (Å²) < 4.78 is 1.95. The average molecular weight is 430 g/mol. The largest absolute Gasteiger partial charge is 0.352 e. The van der Waals surface area contributed by atoms with Gasteiger partial charge in [-0.3, -0.25) is 9.59 Å². The molecule has 2 atom stereocenters. The second-order valence-corrected chi connectivity index (χ2v) is 8.75. The molecule has 1 aliphatic rings. The van der Waals surface area contributed by atoms with Gasteiger partial charge in [-0.2, -0.15) is 0 Å². The van der Waals surface area contributed by atoms with E-state index in [1.807, 2.05) is 41.8 Å². The van der Waals surface area contributed by atoms with Crippen molar-refractivity contribution in [1.82, 2.24) is 25.4 Å². The predicted molar refractivity (Wildman–Crippen MR) is 118 cm³/mol. The maximum Gasteiger partial charge on any atom is 0.230 e. The Balaban J connectivity index is 1.48. The van der Waals surface area contributed by atoms with E-state index in [-0.39, 0.29) is 17.9 Å². The van der Waals surface area contributed by atoms with Crippen LogP contribution in [0.25, 0.3) is 0 Å². The summed E-state index contributed by atoms with van der Waals surface area (Å²) in [4.78, 5) is 24.6. The minimum atomic E-state index is -0.0537. The summed E-state index contributed by atoms with van der Waals surface area (Å²) in [6.45, 7) is 5.22. The number of thioether (sulfide) groups is 1. The van der Waals surface area contributed by atoms with Crippen molar-refractivity contribution >= 4 is 23.6 Å². The molecule has 0 aliphatic heterocycles. The Morgan fingerprint density at radius 2 is 1.90 bits per heavy atom. The SMILES string of the molecule is CCn1c(CNC(=O)Cc2ccccc2)nnc1SCC(=O)N[C@@H]1CCCC[C@H]1C. The van der Waals surface area contributed by atoms with Crippen molar-refractivity contribution < 1.29 is 9.59 Å². The van der Waals surface area contributed by atoms with Crippen LogP contribution in [-0.4, -0.2) is 38.4 Å². The third kappa shape index (κ3) is 6.32. The lowest BCUT2D eigenvalue weighted by molar-refractivity contribution is -0.121. The molecule has 1 aromatic carbocycles. The maximum absolute atomic E-state index is 12.4. The molecule has 2 amide bonds. The van der Waals surface area contributed by atoms with E-state index in [1.165, 1.54) is 31.0 Å². The van der Waals surface area contributed by atoms with Crippen LogP contribution in [0.15, 0.2) is 35.5 Å². The molecule has 1 heterocycles. The molecular formula is C22H31N5O2S. The summed E-state index contributed by atoms with van der Waals surface area (Å²) in [7, 11) is 0. The molecule has 3 rings (SSSR count). The fourth-order valence-electron chi connectivity index (χ4n) is 3.80. The minimum Gasteiger partial charge on any atom is -0.352 e. The molecule has 1 saturated carbocycles. The lowest BCUT2D eigenvalue weighted by Crippen LogP contribution is -2.41. The number of nitrogens with zero attached hydrogens (tertiary/aromatic N) is 3. The van der Waals surface area contributed by atoms with Gasteiger partial charge in [-0.25, -0.2) is 0 Å². The minimum absolute atomic E-state index is 0.0436. The highest BCUT2D eigenvalue weighted by molar-refractivity contribution is 7.99. The number of benzene rings is 1. The molecule has 0 radical (unpaired) electrons. The van der Waals surface area contributed by atoms with Crippen LogP contribution in [0, 0.1) is 5.92 Å². The van der Waals surface area contributed by atoms with Crippen molar-refractivity contribution in [2.75, 3.05) is 5.75 Å². The summed E-state index contributed by atoms with van der Waals surface area (Å²) in [6.07, 6.45) is 5.03. The van der Waals surface area contributed by atoms with Crippen LogP contribution in [0.4, 0.5) is 0 Å². The number of carbonyl (C=O) groups excluding carboxylic acids is 2. The van der Waals surface area contributed by atoms with E-state index in [0.717, 1.165) is 12.0 Å². The van der Waals surface area contributed by atoms with Gasteiger partial charge in [0.05, 0.1) is 18.7 Å². The van der Waals surface area contributed by atoms with Crippen LogP contribution < -0.4 is 10.6 Å². The van der Waals surface area contributed by atoms with Crippen LogP contribution >= 0.6 is 11.8 Å². The fraction of sp³-hybridized carbons (Fsp3) is 0.545. The van der Waals surface area contributed by atoms with Gasteiger partial charge < -0.3 is 15.2 Å². The third-order valence-corrected chi connectivity index (χ3v) is 6.52. The topological polar surface area (TPSA) is 88.9 Å². The van der Waals surface area contributed by atoms with Crippen LogP contribution in [-0.2, 0) is 29.1 Å². The summed E-state index contributed by atoms with van der Waals surface area (Å²) in [5.74, 6) is 1.55. The molecule has 30 heavy (non-hydrogen) atoms. The number of carbonyl (C=O) groups is 2. The molecule has 0 bridgehead atoms. The van der Waals surface area contributed by atoms with Gasteiger partial charge in [0, 0.05) is 12.6 Å². The third-order valence-electron chi connectivity index (χ3n) is 5.55. The highest BCUT2D eigenvalue weighted by Gasteiger charge is 2.23. The molecule has 1 fully saturated rings. The molecular weight excluding hydrogens is 398 g/mol. The summed E-state index contributed by atoms with van der Waals surface area (Å²) in [5, 5.41) is 15.2. The van der Waals surface area contributed by atoms with Crippen LogP contribution in [0.2, 0.25) is 0 Å². The molecule has 2 N–H and O–H groups in total. The Kier molecular flexibility index (Phi) is 8.30. The van der Waals surface area contributed by atoms with Gasteiger partial charge in [-0.15, -0.1) is 10.2 Å². The first-order valence-corrected chi connectivity index (χ1v) is 11.7. The summed E-state index contributed by atoms with van der Waals surface area (Å²) in [6, 6.07) is 9.92. The van der Waals surface area contributed by atoms with Gasteiger partial charge >= 0.3 is 0 Å². The number of aromatic nitrogens is 3. The Bertz CT molecular complexity index is 839. The molecule has 162 valence electrons. The summed E-state index contributed by atoms with van der Waals surface area (Å²) >= 11 is 1.39. The normalized spacial score (nSPS) is 18.7. The van der Waals surface area contributed by atoms with Gasteiger partial charge in [-0.1, -0.05) is 61.9 Å². The highest BCUT2D eigenvalue weighted by atomic mass is 32.2. The van der Waals surface area contributed by atoms with Gasteiger partial charge in [-0.05, 0) is 31.2 Å². The molecule has 0 saturated heterocycles. The number of rotatable bonds is 9. The van der Waals surface area contributed by atoms with Crippen molar-refractivity contribution in [3.05, 3.63) is 41.7 Å². The van der Waals surface area contributed by atoms with E-state index in [1.54, 1.807) is 0 Å². The Labute approximate surface area is 182 Å². The Hall–Kier alpha value is -2.35. The first kappa shape index (κ1) is 22.3. The lowest BCUT2D eigenvalue weighted by atomic mass is 9.86. The monoisotopic (exact) mass is 429 g/mol. The fourth-order valence-corrected chi connectivity index (χ4v) is 4.64. The average Bonchev–Trinajstić information content (AvgIpc) is 3.15. The van der Waals surface area contributed by atoms with Gasteiger partial charge in [0.2, 0.25) is 11.8 Å². The number of hydrogen-bond donors (Lipinski definition) is 2. The van der Waals surface area contributed by atoms with Crippen molar-refractivity contribution in [3.8, 4) is 0 Å². The smallest absolute Gasteiger partial charge is 0.230 e. The zero-order chi connectivity index (χ0) is 21.3. The first-order valence-electron chi connectivity index (χ1n) is 10.7. The number of hydrogen-bond acceptors (Lipinski definition) is 5. The van der Waals surface area contributed by atoms with E-state index >= 15 is 0 Å². The second kappa shape index (κ2) is 11.2. The van der Waals surface area contributed by atoms with Gasteiger partial charge in [0.15, 0.2) is 11.0 Å².